The minimum atomic E-state index is -0.0555. The molecule has 0 saturated carbocycles. The van der Waals surface area contributed by atoms with Gasteiger partial charge < -0.3 is 9.84 Å². The third-order valence-electron chi connectivity index (χ3n) is 1.78. The summed E-state index contributed by atoms with van der Waals surface area (Å²) in [5.74, 6) is 0.467. The van der Waals surface area contributed by atoms with Gasteiger partial charge in [-0.2, -0.15) is 5.26 Å². The number of hydrogen-bond donors (Lipinski definition) is 1. The number of aromatic hydroxyl groups is 1. The Morgan fingerprint density at radius 2 is 2.23 bits per heavy atom. The average molecular weight is 242 g/mol. The molecule has 0 radical (unpaired) electrons. The minimum absolute atomic E-state index is 0.0555. The van der Waals surface area contributed by atoms with Gasteiger partial charge in [0.25, 0.3) is 0 Å². The van der Waals surface area contributed by atoms with Crippen molar-refractivity contribution in [2.75, 3.05) is 7.11 Å². The number of ether oxygens (including phenoxy) is 1. The third kappa shape index (κ3) is 1.61. The van der Waals surface area contributed by atoms with E-state index in [1.807, 2.05) is 6.07 Å². The zero-order chi connectivity index (χ0) is 10.0. The Morgan fingerprint density at radius 1 is 1.62 bits per heavy atom. The van der Waals surface area contributed by atoms with Crippen LogP contribution in [-0.4, -0.2) is 12.2 Å². The van der Waals surface area contributed by atoms with Crippen molar-refractivity contribution in [3.8, 4) is 17.6 Å². The molecule has 0 atom stereocenters. The lowest BCUT2D eigenvalue weighted by Gasteiger charge is -2.08. The summed E-state index contributed by atoms with van der Waals surface area (Å²) >= 11 is 3.28. The first-order chi connectivity index (χ1) is 6.11. The van der Waals surface area contributed by atoms with Crippen molar-refractivity contribution >= 4 is 15.9 Å². The number of phenolic OH excluding ortho intramolecular Hbond substituents is 1. The van der Waals surface area contributed by atoms with Crippen LogP contribution in [0, 0.1) is 18.3 Å². The molecule has 1 rings (SSSR count). The Balaban J connectivity index is 3.48. The van der Waals surface area contributed by atoms with Crippen LogP contribution < -0.4 is 4.74 Å². The van der Waals surface area contributed by atoms with Crippen LogP contribution >= 0.6 is 15.9 Å². The molecule has 1 N–H and O–H groups in total. The summed E-state index contributed by atoms with van der Waals surface area (Å²) in [6, 6.07) is 3.33. The van der Waals surface area contributed by atoms with Crippen LogP contribution in [-0.2, 0) is 0 Å². The second-order valence-electron chi connectivity index (χ2n) is 2.52. The predicted molar refractivity (Wildman–Crippen MR) is 51.8 cm³/mol. The van der Waals surface area contributed by atoms with Crippen LogP contribution in [0.3, 0.4) is 0 Å². The lowest BCUT2D eigenvalue weighted by molar-refractivity contribution is 0.404. The standard InChI is InChI=1S/C9H8BrNO2/c1-5-6(4-11)7(12)3-8(13-2)9(5)10/h3,12H,1-2H3. The van der Waals surface area contributed by atoms with Crippen LogP contribution in [0.15, 0.2) is 10.5 Å². The predicted octanol–water partition coefficient (Wildman–Crippen LogP) is 2.34. The third-order valence-corrected chi connectivity index (χ3v) is 2.76. The maximum atomic E-state index is 9.40. The van der Waals surface area contributed by atoms with Crippen LogP contribution in [0.1, 0.15) is 11.1 Å². The van der Waals surface area contributed by atoms with E-state index in [0.29, 0.717) is 15.8 Å². The van der Waals surface area contributed by atoms with Crippen LogP contribution in [0.5, 0.6) is 11.5 Å². The molecule has 1 aromatic rings. The van der Waals surface area contributed by atoms with E-state index in [9.17, 15) is 5.11 Å². The van der Waals surface area contributed by atoms with Gasteiger partial charge in [0, 0.05) is 6.07 Å². The molecular formula is C9H8BrNO2. The smallest absolute Gasteiger partial charge is 0.137 e. The second-order valence-corrected chi connectivity index (χ2v) is 3.32. The molecule has 1 aromatic carbocycles. The topological polar surface area (TPSA) is 53.2 Å². The SMILES string of the molecule is COc1cc(O)c(C#N)c(C)c1Br. The molecule has 68 valence electrons. The molecule has 0 aliphatic heterocycles. The Labute approximate surface area is 84.7 Å². The number of nitriles is 1. The molecule has 0 aliphatic carbocycles. The monoisotopic (exact) mass is 241 g/mol. The molecule has 4 heteroatoms. The van der Waals surface area contributed by atoms with Gasteiger partial charge in [0.05, 0.1) is 17.1 Å². The Morgan fingerprint density at radius 3 is 2.69 bits per heavy atom. The van der Waals surface area contributed by atoms with Gasteiger partial charge in [0.1, 0.15) is 17.6 Å². The first-order valence-corrected chi connectivity index (χ1v) is 4.37. The van der Waals surface area contributed by atoms with Crippen molar-refractivity contribution in [1.82, 2.24) is 0 Å². The molecule has 0 aliphatic rings. The number of phenols is 1. The van der Waals surface area contributed by atoms with Crippen molar-refractivity contribution in [3.63, 3.8) is 0 Å². The highest BCUT2D eigenvalue weighted by molar-refractivity contribution is 9.10. The van der Waals surface area contributed by atoms with Gasteiger partial charge in [0.15, 0.2) is 0 Å². The molecule has 0 amide bonds. The quantitative estimate of drug-likeness (QED) is 0.822. The number of benzene rings is 1. The molecule has 0 bridgehead atoms. The van der Waals surface area contributed by atoms with Gasteiger partial charge in [-0.3, -0.25) is 0 Å². The summed E-state index contributed by atoms with van der Waals surface area (Å²) in [5.41, 5.74) is 0.951. The first kappa shape index (κ1) is 9.87. The minimum Gasteiger partial charge on any atom is -0.506 e. The molecule has 13 heavy (non-hydrogen) atoms. The number of nitrogens with zero attached hydrogens (tertiary/aromatic N) is 1. The zero-order valence-corrected chi connectivity index (χ0v) is 8.84. The largest absolute Gasteiger partial charge is 0.506 e. The fraction of sp³-hybridized carbons (Fsp3) is 0.222. The van der Waals surface area contributed by atoms with E-state index in [1.54, 1.807) is 6.92 Å². The van der Waals surface area contributed by atoms with Gasteiger partial charge >= 0.3 is 0 Å². The highest BCUT2D eigenvalue weighted by atomic mass is 79.9. The van der Waals surface area contributed by atoms with E-state index in [4.69, 9.17) is 10.00 Å². The number of rotatable bonds is 1. The fourth-order valence-electron chi connectivity index (χ4n) is 1.04. The van der Waals surface area contributed by atoms with Crippen molar-refractivity contribution in [1.29, 1.82) is 5.26 Å². The molecule has 0 heterocycles. The van der Waals surface area contributed by atoms with Crippen molar-refractivity contribution in [3.05, 3.63) is 21.7 Å². The number of hydrogen-bond acceptors (Lipinski definition) is 3. The summed E-state index contributed by atoms with van der Waals surface area (Å²) in [6.45, 7) is 1.74. The Bertz CT molecular complexity index is 381. The number of halogens is 1. The molecule has 0 saturated heterocycles. The van der Waals surface area contributed by atoms with Crippen molar-refractivity contribution in [2.45, 2.75) is 6.92 Å². The summed E-state index contributed by atoms with van der Waals surface area (Å²) in [6.07, 6.45) is 0. The van der Waals surface area contributed by atoms with Gasteiger partial charge in [-0.25, -0.2) is 0 Å². The molecular weight excluding hydrogens is 234 g/mol. The highest BCUT2D eigenvalue weighted by Crippen LogP contribution is 2.35. The Hall–Kier alpha value is -1.21. The Kier molecular flexibility index (Phi) is 2.79. The summed E-state index contributed by atoms with van der Waals surface area (Å²) < 4.78 is 5.69. The number of methoxy groups -OCH3 is 1. The van der Waals surface area contributed by atoms with E-state index in [2.05, 4.69) is 15.9 Å². The van der Waals surface area contributed by atoms with Crippen molar-refractivity contribution < 1.29 is 9.84 Å². The lowest BCUT2D eigenvalue weighted by Crippen LogP contribution is -1.91. The zero-order valence-electron chi connectivity index (χ0n) is 7.26. The van der Waals surface area contributed by atoms with Crippen LogP contribution in [0.25, 0.3) is 0 Å². The summed E-state index contributed by atoms with van der Waals surface area (Å²) in [5, 5.41) is 18.1. The van der Waals surface area contributed by atoms with E-state index in [-0.39, 0.29) is 11.3 Å². The molecule has 0 aromatic heterocycles. The highest BCUT2D eigenvalue weighted by Gasteiger charge is 2.12. The lowest BCUT2D eigenvalue weighted by atomic mass is 10.1. The maximum absolute atomic E-state index is 9.40. The second kappa shape index (κ2) is 3.67. The maximum Gasteiger partial charge on any atom is 0.137 e. The van der Waals surface area contributed by atoms with Gasteiger partial charge in [0.2, 0.25) is 0 Å². The first-order valence-electron chi connectivity index (χ1n) is 3.58. The van der Waals surface area contributed by atoms with Gasteiger partial charge in [-0.15, -0.1) is 0 Å². The van der Waals surface area contributed by atoms with Crippen LogP contribution in [0.2, 0.25) is 0 Å². The van der Waals surface area contributed by atoms with Gasteiger partial charge in [-0.1, -0.05) is 0 Å². The van der Waals surface area contributed by atoms with E-state index >= 15 is 0 Å². The van der Waals surface area contributed by atoms with Crippen LogP contribution in [0.4, 0.5) is 0 Å². The summed E-state index contributed by atoms with van der Waals surface area (Å²) in [4.78, 5) is 0. The summed E-state index contributed by atoms with van der Waals surface area (Å²) in [7, 11) is 1.50. The van der Waals surface area contributed by atoms with E-state index in [1.165, 1.54) is 13.2 Å². The van der Waals surface area contributed by atoms with E-state index < -0.39 is 0 Å². The van der Waals surface area contributed by atoms with E-state index in [0.717, 1.165) is 0 Å². The van der Waals surface area contributed by atoms with Gasteiger partial charge in [-0.05, 0) is 28.4 Å². The molecule has 3 nitrogen and oxygen atoms in total. The fourth-order valence-corrected chi connectivity index (χ4v) is 1.51. The average Bonchev–Trinajstić information content (AvgIpc) is 2.12. The molecule has 0 unspecified atom stereocenters. The van der Waals surface area contributed by atoms with Crippen molar-refractivity contribution in [2.24, 2.45) is 0 Å². The molecule has 0 spiro atoms. The normalized spacial score (nSPS) is 9.38. The molecule has 0 fully saturated rings.